The molecule has 10 heteroatoms. The van der Waals surface area contributed by atoms with Gasteiger partial charge in [0.15, 0.2) is 0 Å². The van der Waals surface area contributed by atoms with Crippen molar-refractivity contribution in [3.63, 3.8) is 0 Å². The Hall–Kier alpha value is -2.72. The van der Waals surface area contributed by atoms with Crippen LogP contribution < -0.4 is 10.6 Å². The Morgan fingerprint density at radius 1 is 0.667 bits per heavy atom. The van der Waals surface area contributed by atoms with Gasteiger partial charge in [-0.05, 0) is 0 Å². The average molecular weight is 344 g/mol. The summed E-state index contributed by atoms with van der Waals surface area (Å²) in [5.41, 5.74) is 0. The molecule has 0 aliphatic rings. The molecular weight excluding hydrogens is 324 g/mol. The van der Waals surface area contributed by atoms with E-state index in [4.69, 9.17) is 19.7 Å². The van der Waals surface area contributed by atoms with Crippen molar-refractivity contribution in [3.8, 4) is 0 Å². The molecule has 2 amide bonds. The predicted molar refractivity (Wildman–Crippen MR) is 81.2 cm³/mol. The van der Waals surface area contributed by atoms with Gasteiger partial charge < -0.3 is 30.3 Å². The van der Waals surface area contributed by atoms with Crippen molar-refractivity contribution in [2.24, 2.45) is 0 Å². The molecule has 0 aromatic rings. The van der Waals surface area contributed by atoms with Gasteiger partial charge in [-0.1, -0.05) is 0 Å². The van der Waals surface area contributed by atoms with Crippen molar-refractivity contribution in [2.45, 2.75) is 0 Å². The second-order valence-corrected chi connectivity index (χ2v) is 4.15. The third-order valence-corrected chi connectivity index (χ3v) is 2.22. The van der Waals surface area contributed by atoms with Gasteiger partial charge in [0.05, 0.1) is 26.4 Å². The number of nitrogens with one attached hydrogen (secondary N) is 2. The molecule has 0 rings (SSSR count). The second-order valence-electron chi connectivity index (χ2n) is 4.15. The Morgan fingerprint density at radius 3 is 1.38 bits per heavy atom. The fourth-order valence-electron chi connectivity index (χ4n) is 1.23. The van der Waals surface area contributed by atoms with Crippen LogP contribution in [-0.4, -0.2) is 73.5 Å². The number of hydrogen-bond donors (Lipinski definition) is 4. The molecule has 0 saturated heterocycles. The summed E-state index contributed by atoms with van der Waals surface area (Å²) in [4.78, 5) is 42.5. The van der Waals surface area contributed by atoms with Crippen LogP contribution in [0.3, 0.4) is 0 Å². The first-order valence-electron chi connectivity index (χ1n) is 6.95. The molecule has 0 saturated carbocycles. The number of carboxylic acid groups (broad SMARTS) is 2. The van der Waals surface area contributed by atoms with Gasteiger partial charge in [-0.2, -0.15) is 0 Å². The highest BCUT2D eigenvalue weighted by Crippen LogP contribution is 1.80. The zero-order valence-corrected chi connectivity index (χ0v) is 12.9. The zero-order chi connectivity index (χ0) is 18.2. The standard InChI is InChI=1S/C14H20N2O8/c17-11(1-3-13(19)20)15-5-7-23-9-10-24-8-6-16-12(18)2-4-14(21)22/h1-4H,5-10H2,(H,15,17)(H,16,18)(H,19,20)(H,21,22). The highest BCUT2D eigenvalue weighted by Gasteiger charge is 1.98. The largest absolute Gasteiger partial charge is 0.478 e. The molecule has 0 aromatic heterocycles. The van der Waals surface area contributed by atoms with Gasteiger partial charge in [0, 0.05) is 37.4 Å². The number of amides is 2. The molecule has 0 spiro atoms. The summed E-state index contributed by atoms with van der Waals surface area (Å²) in [6, 6.07) is 0. The third kappa shape index (κ3) is 15.7. The Labute approximate surface area is 138 Å². The number of ether oxygens (including phenoxy) is 2. The van der Waals surface area contributed by atoms with Crippen LogP contribution in [0.4, 0.5) is 0 Å². The van der Waals surface area contributed by atoms with Crippen molar-refractivity contribution < 1.29 is 38.9 Å². The number of carboxylic acids is 2. The summed E-state index contributed by atoms with van der Waals surface area (Å²) >= 11 is 0. The lowest BCUT2D eigenvalue weighted by atomic mass is 10.4. The summed E-state index contributed by atoms with van der Waals surface area (Å²) in [6.45, 7) is 1.52. The van der Waals surface area contributed by atoms with Gasteiger partial charge in [-0.3, -0.25) is 9.59 Å². The summed E-state index contributed by atoms with van der Waals surface area (Å²) in [5, 5.41) is 21.5. The quantitative estimate of drug-likeness (QED) is 0.234. The fraction of sp³-hybridized carbons (Fsp3) is 0.429. The maximum absolute atomic E-state index is 11.1. The van der Waals surface area contributed by atoms with Crippen LogP contribution in [0.5, 0.6) is 0 Å². The summed E-state index contributed by atoms with van der Waals surface area (Å²) < 4.78 is 10.3. The van der Waals surface area contributed by atoms with Crippen molar-refractivity contribution in [1.82, 2.24) is 10.6 Å². The van der Waals surface area contributed by atoms with Crippen LogP contribution in [-0.2, 0) is 28.7 Å². The fourth-order valence-corrected chi connectivity index (χ4v) is 1.23. The van der Waals surface area contributed by atoms with E-state index in [1.807, 2.05) is 0 Å². The lowest BCUT2D eigenvalue weighted by Gasteiger charge is -2.06. The van der Waals surface area contributed by atoms with Gasteiger partial charge >= 0.3 is 11.9 Å². The van der Waals surface area contributed by atoms with Gasteiger partial charge in [0.25, 0.3) is 0 Å². The molecule has 0 heterocycles. The smallest absolute Gasteiger partial charge is 0.328 e. The second kappa shape index (κ2) is 13.9. The highest BCUT2D eigenvalue weighted by molar-refractivity contribution is 5.94. The van der Waals surface area contributed by atoms with E-state index in [0.717, 1.165) is 24.3 Å². The summed E-state index contributed by atoms with van der Waals surface area (Å²) in [6.07, 6.45) is 3.29. The minimum atomic E-state index is -1.20. The molecule has 10 nitrogen and oxygen atoms in total. The average Bonchev–Trinajstić information content (AvgIpc) is 2.52. The minimum Gasteiger partial charge on any atom is -0.478 e. The molecule has 0 aromatic carbocycles. The number of aliphatic carboxylic acids is 2. The van der Waals surface area contributed by atoms with E-state index in [1.165, 1.54) is 0 Å². The van der Waals surface area contributed by atoms with Crippen LogP contribution in [0.1, 0.15) is 0 Å². The van der Waals surface area contributed by atoms with E-state index >= 15 is 0 Å². The molecule has 0 unspecified atom stereocenters. The highest BCUT2D eigenvalue weighted by atomic mass is 16.5. The van der Waals surface area contributed by atoms with Crippen LogP contribution in [0.25, 0.3) is 0 Å². The van der Waals surface area contributed by atoms with Crippen molar-refractivity contribution >= 4 is 23.8 Å². The summed E-state index contributed by atoms with van der Waals surface area (Å²) in [7, 11) is 0. The van der Waals surface area contributed by atoms with E-state index < -0.39 is 23.8 Å². The topological polar surface area (TPSA) is 151 Å². The van der Waals surface area contributed by atoms with E-state index in [0.29, 0.717) is 0 Å². The Balaban J connectivity index is 3.40. The predicted octanol–water partition coefficient (Wildman–Crippen LogP) is -1.47. The molecule has 0 fully saturated rings. The monoisotopic (exact) mass is 344 g/mol. The van der Waals surface area contributed by atoms with Crippen molar-refractivity contribution in [3.05, 3.63) is 24.3 Å². The van der Waals surface area contributed by atoms with E-state index in [9.17, 15) is 19.2 Å². The lowest BCUT2D eigenvalue weighted by molar-refractivity contribution is -0.132. The molecule has 0 bridgehead atoms. The van der Waals surface area contributed by atoms with Gasteiger partial charge in [0.2, 0.25) is 11.8 Å². The zero-order valence-electron chi connectivity index (χ0n) is 12.9. The molecule has 0 atom stereocenters. The van der Waals surface area contributed by atoms with Crippen molar-refractivity contribution in [2.75, 3.05) is 39.5 Å². The molecule has 24 heavy (non-hydrogen) atoms. The van der Waals surface area contributed by atoms with E-state index in [1.54, 1.807) is 0 Å². The first-order chi connectivity index (χ1) is 11.4. The molecule has 0 radical (unpaired) electrons. The number of rotatable bonds is 13. The third-order valence-electron chi connectivity index (χ3n) is 2.22. The maximum atomic E-state index is 11.1. The first-order valence-corrected chi connectivity index (χ1v) is 6.95. The van der Waals surface area contributed by atoms with Crippen LogP contribution in [0.15, 0.2) is 24.3 Å². The Kier molecular flexibility index (Phi) is 12.3. The van der Waals surface area contributed by atoms with Crippen molar-refractivity contribution in [1.29, 1.82) is 0 Å². The number of carbonyl (C=O) groups excluding carboxylic acids is 2. The SMILES string of the molecule is O=C(O)C=CC(=O)NCCOCCOCCNC(=O)C=CC(=O)O. The molecule has 4 N–H and O–H groups in total. The van der Waals surface area contributed by atoms with E-state index in [2.05, 4.69) is 10.6 Å². The van der Waals surface area contributed by atoms with Gasteiger partial charge in [-0.25, -0.2) is 9.59 Å². The van der Waals surface area contributed by atoms with Gasteiger partial charge in [0.1, 0.15) is 0 Å². The normalized spacial score (nSPS) is 10.8. The maximum Gasteiger partial charge on any atom is 0.328 e. The van der Waals surface area contributed by atoms with Crippen LogP contribution >= 0.6 is 0 Å². The molecular formula is C14H20N2O8. The molecule has 134 valence electrons. The molecule has 0 aliphatic heterocycles. The minimum absolute atomic E-state index is 0.231. The number of carbonyl (C=O) groups is 4. The van der Waals surface area contributed by atoms with Crippen LogP contribution in [0, 0.1) is 0 Å². The Bertz CT molecular complexity index is 443. The van der Waals surface area contributed by atoms with E-state index in [-0.39, 0.29) is 39.5 Å². The lowest BCUT2D eigenvalue weighted by Crippen LogP contribution is -2.27. The van der Waals surface area contributed by atoms with Gasteiger partial charge in [-0.15, -0.1) is 0 Å². The Morgan fingerprint density at radius 2 is 1.04 bits per heavy atom. The number of hydrogen-bond acceptors (Lipinski definition) is 6. The first kappa shape index (κ1) is 21.3. The van der Waals surface area contributed by atoms with Crippen LogP contribution in [0.2, 0.25) is 0 Å². The molecule has 0 aliphatic carbocycles. The summed E-state index contributed by atoms with van der Waals surface area (Å²) in [5.74, 6) is -3.45.